The van der Waals surface area contributed by atoms with Crippen molar-refractivity contribution in [2.24, 2.45) is 5.73 Å². The van der Waals surface area contributed by atoms with Crippen LogP contribution >= 0.6 is 7.82 Å². The predicted molar refractivity (Wildman–Crippen MR) is 191 cm³/mol. The van der Waals surface area contributed by atoms with Crippen molar-refractivity contribution in [1.29, 1.82) is 0 Å². The zero-order chi connectivity index (χ0) is 35.3. The predicted octanol–water partition coefficient (Wildman–Crippen LogP) is 7.89. The molecule has 0 bridgehead atoms. The van der Waals surface area contributed by atoms with Gasteiger partial charge in [-0.15, -0.1) is 0 Å². The van der Waals surface area contributed by atoms with Crippen LogP contribution in [0.3, 0.4) is 0 Å². The Balaban J connectivity index is 1.16. The second-order valence-electron chi connectivity index (χ2n) is 11.4. The van der Waals surface area contributed by atoms with E-state index in [1.54, 1.807) is 0 Å². The minimum atomic E-state index is -4.48. The van der Waals surface area contributed by atoms with Crippen LogP contribution in [0.4, 0.5) is 0 Å². The summed E-state index contributed by atoms with van der Waals surface area (Å²) >= 11 is 0. The number of phosphoric ester groups is 1. The smallest absolute Gasteiger partial charge is 0.472 e. The Kier molecular flexibility index (Phi) is 12.7. The van der Waals surface area contributed by atoms with Gasteiger partial charge in [-0.1, -0.05) is 91.0 Å². The Morgan fingerprint density at radius 1 is 0.680 bits per heavy atom. The average Bonchev–Trinajstić information content (AvgIpc) is 3.14. The molecule has 5 aromatic carbocycles. The van der Waals surface area contributed by atoms with Crippen molar-refractivity contribution in [2.45, 2.75) is 25.3 Å². The van der Waals surface area contributed by atoms with Crippen molar-refractivity contribution in [1.82, 2.24) is 0 Å². The van der Waals surface area contributed by atoms with Gasteiger partial charge >= 0.3 is 19.8 Å². The number of hydrogen-bond acceptors (Lipinski definition) is 8. The van der Waals surface area contributed by atoms with Crippen molar-refractivity contribution in [2.75, 3.05) is 19.8 Å². The molecule has 50 heavy (non-hydrogen) atoms. The van der Waals surface area contributed by atoms with Gasteiger partial charge in [0.05, 0.1) is 19.8 Å². The van der Waals surface area contributed by atoms with E-state index in [0.29, 0.717) is 17.9 Å². The third kappa shape index (κ3) is 10.7. The third-order valence-corrected chi connectivity index (χ3v) is 8.66. The molecule has 0 aliphatic heterocycles. The molecular weight excluding hydrogens is 657 g/mol. The van der Waals surface area contributed by atoms with Crippen LogP contribution in [0.5, 0.6) is 11.5 Å². The van der Waals surface area contributed by atoms with Gasteiger partial charge in [-0.25, -0.2) is 4.57 Å². The summed E-state index contributed by atoms with van der Waals surface area (Å²) in [7, 11) is -4.48. The maximum Gasteiger partial charge on any atom is 0.472 e. The molecule has 2 unspecified atom stereocenters. The SMILES string of the molecule is NC(COP(=O)(O)OCCCOC(=O)CCc1ccccc1Oc1ccc(-c2cc(-c3ccccc3)cc(-c3ccccc3)c2)cc1)C(=O)O. The first-order valence-corrected chi connectivity index (χ1v) is 17.5. The summed E-state index contributed by atoms with van der Waals surface area (Å²) in [5.41, 5.74) is 12.7. The molecule has 0 amide bonds. The zero-order valence-electron chi connectivity index (χ0n) is 27.2. The van der Waals surface area contributed by atoms with Crippen LogP contribution in [0.2, 0.25) is 0 Å². The molecule has 10 nitrogen and oxygen atoms in total. The van der Waals surface area contributed by atoms with Crippen LogP contribution in [0.15, 0.2) is 127 Å². The van der Waals surface area contributed by atoms with Gasteiger partial charge < -0.3 is 25.2 Å². The number of esters is 1. The Labute approximate surface area is 290 Å². The number of carbonyl (C=O) groups excluding carboxylic acids is 1. The van der Waals surface area contributed by atoms with Gasteiger partial charge in [0.1, 0.15) is 17.5 Å². The standard InChI is InChI=1S/C39H38NO9P/c40-36(39(42)43)27-48-50(44,45)47-23-9-22-46-38(41)21-18-31-14-7-8-15-37(31)49-35-19-16-30(17-20-35)34-25-32(28-10-3-1-4-11-28)24-33(26-34)29-12-5-2-6-13-29/h1-8,10-17,19-20,24-26,36H,9,18,21-23,27,40H2,(H,42,43)(H,44,45). The number of para-hydroxylation sites is 1. The Hall–Kier alpha value is -5.09. The quantitative estimate of drug-likeness (QED) is 0.0497. The molecule has 0 heterocycles. The second-order valence-corrected chi connectivity index (χ2v) is 12.8. The van der Waals surface area contributed by atoms with Crippen LogP contribution in [-0.2, 0) is 34.4 Å². The topological polar surface area (TPSA) is 155 Å². The number of carboxylic acid groups (broad SMARTS) is 1. The normalized spacial score (nSPS) is 12.8. The number of hydrogen-bond donors (Lipinski definition) is 3. The van der Waals surface area contributed by atoms with Gasteiger partial charge in [-0.3, -0.25) is 18.6 Å². The highest BCUT2D eigenvalue weighted by Crippen LogP contribution is 2.43. The van der Waals surface area contributed by atoms with Gasteiger partial charge in [0.25, 0.3) is 0 Å². The lowest BCUT2D eigenvalue weighted by atomic mass is 9.93. The molecule has 258 valence electrons. The van der Waals surface area contributed by atoms with Crippen LogP contribution in [-0.4, -0.2) is 47.8 Å². The number of aryl methyl sites for hydroxylation is 1. The molecule has 0 saturated heterocycles. The number of ether oxygens (including phenoxy) is 2. The van der Waals surface area contributed by atoms with Gasteiger partial charge in [0.15, 0.2) is 0 Å². The van der Waals surface area contributed by atoms with E-state index in [4.69, 9.17) is 24.8 Å². The molecule has 0 spiro atoms. The van der Waals surface area contributed by atoms with Crippen molar-refractivity contribution < 1.29 is 42.7 Å². The summed E-state index contributed by atoms with van der Waals surface area (Å²) in [5.74, 6) is -0.547. The fraction of sp³-hybridized carbons (Fsp3) is 0.179. The zero-order valence-corrected chi connectivity index (χ0v) is 28.1. The monoisotopic (exact) mass is 695 g/mol. The number of aliphatic carboxylic acids is 1. The average molecular weight is 696 g/mol. The fourth-order valence-electron chi connectivity index (χ4n) is 5.06. The molecule has 0 saturated carbocycles. The van der Waals surface area contributed by atoms with Gasteiger partial charge in [-0.05, 0) is 81.8 Å². The van der Waals surface area contributed by atoms with Crippen molar-refractivity contribution in [3.63, 3.8) is 0 Å². The molecule has 11 heteroatoms. The van der Waals surface area contributed by atoms with E-state index >= 15 is 0 Å². The van der Waals surface area contributed by atoms with E-state index in [2.05, 4.69) is 47.0 Å². The van der Waals surface area contributed by atoms with Crippen molar-refractivity contribution in [3.8, 4) is 44.9 Å². The third-order valence-electron chi connectivity index (χ3n) is 7.67. The van der Waals surface area contributed by atoms with Crippen LogP contribution in [0.1, 0.15) is 18.4 Å². The summed E-state index contributed by atoms with van der Waals surface area (Å²) in [6.45, 7) is -0.973. The first-order chi connectivity index (χ1) is 24.2. The van der Waals surface area contributed by atoms with Gasteiger partial charge in [0, 0.05) is 12.8 Å². The Morgan fingerprint density at radius 2 is 1.22 bits per heavy atom. The lowest BCUT2D eigenvalue weighted by Gasteiger charge is -2.14. The largest absolute Gasteiger partial charge is 0.480 e. The van der Waals surface area contributed by atoms with Crippen molar-refractivity contribution in [3.05, 3.63) is 133 Å². The highest BCUT2D eigenvalue weighted by atomic mass is 31.2. The molecule has 0 aromatic heterocycles. The van der Waals surface area contributed by atoms with E-state index in [1.165, 1.54) is 0 Å². The molecular formula is C39H38NO9P. The number of carboxylic acids is 1. The van der Waals surface area contributed by atoms with Crippen LogP contribution in [0.25, 0.3) is 33.4 Å². The number of rotatable bonds is 17. The number of phosphoric acid groups is 1. The molecule has 0 aliphatic rings. The summed E-state index contributed by atoms with van der Waals surface area (Å²) in [4.78, 5) is 32.7. The van der Waals surface area contributed by atoms with E-state index < -0.39 is 32.4 Å². The molecule has 2 atom stereocenters. The molecule has 0 radical (unpaired) electrons. The van der Waals surface area contributed by atoms with Crippen molar-refractivity contribution >= 4 is 19.8 Å². The lowest BCUT2D eigenvalue weighted by molar-refractivity contribution is -0.143. The molecule has 4 N–H and O–H groups in total. The van der Waals surface area contributed by atoms with Crippen LogP contribution in [0, 0.1) is 0 Å². The molecule has 0 aliphatic carbocycles. The van der Waals surface area contributed by atoms with Gasteiger partial charge in [0.2, 0.25) is 0 Å². The summed E-state index contributed by atoms with van der Waals surface area (Å²) in [5, 5.41) is 8.72. The highest BCUT2D eigenvalue weighted by molar-refractivity contribution is 7.47. The summed E-state index contributed by atoms with van der Waals surface area (Å²) in [6, 6.07) is 41.2. The summed E-state index contributed by atoms with van der Waals surface area (Å²) < 4.78 is 32.6. The molecule has 5 aromatic rings. The number of nitrogens with two attached hydrogens (primary N) is 1. The Bertz CT molecular complexity index is 1860. The minimum absolute atomic E-state index is 0.0426. The number of carbonyl (C=O) groups is 2. The first kappa shape index (κ1) is 36.2. The summed E-state index contributed by atoms with van der Waals surface area (Å²) in [6.07, 6.45) is 0.600. The maximum atomic E-state index is 12.4. The number of benzene rings is 5. The van der Waals surface area contributed by atoms with E-state index in [9.17, 15) is 19.0 Å². The van der Waals surface area contributed by atoms with Gasteiger partial charge in [-0.2, -0.15) is 0 Å². The van der Waals surface area contributed by atoms with E-state index in [-0.39, 0.29) is 26.1 Å². The minimum Gasteiger partial charge on any atom is -0.480 e. The maximum absolute atomic E-state index is 12.4. The second kappa shape index (κ2) is 17.5. The van der Waals surface area contributed by atoms with E-state index in [0.717, 1.165) is 38.9 Å². The first-order valence-electron chi connectivity index (χ1n) is 16.0. The fourth-order valence-corrected chi connectivity index (χ4v) is 5.84. The Morgan fingerprint density at radius 3 is 1.80 bits per heavy atom. The molecule has 0 fully saturated rings. The lowest BCUT2D eigenvalue weighted by Crippen LogP contribution is -2.34. The highest BCUT2D eigenvalue weighted by Gasteiger charge is 2.24. The van der Waals surface area contributed by atoms with Crippen LogP contribution < -0.4 is 10.5 Å². The molecule has 5 rings (SSSR count). The van der Waals surface area contributed by atoms with E-state index in [1.807, 2.05) is 84.9 Å².